The van der Waals surface area contributed by atoms with Crippen LogP contribution in [0.25, 0.3) is 0 Å². The van der Waals surface area contributed by atoms with E-state index in [4.69, 9.17) is 14.2 Å². The Hall–Kier alpha value is -0.380. The van der Waals surface area contributed by atoms with Crippen molar-refractivity contribution in [3.63, 3.8) is 0 Å². The fourth-order valence-corrected chi connectivity index (χ4v) is 11.2. The molecular formula is C37H62O3. The monoisotopic (exact) mass is 554 g/mol. The second-order valence-corrected chi connectivity index (χ2v) is 15.2. The molecular weight excluding hydrogens is 492 g/mol. The summed E-state index contributed by atoms with van der Waals surface area (Å²) in [5.41, 5.74) is -0.0619. The molecule has 0 N–H and O–H groups in total. The molecule has 1 aliphatic heterocycles. The molecule has 6 rings (SSSR count). The van der Waals surface area contributed by atoms with Gasteiger partial charge in [0, 0.05) is 19.6 Å². The number of hydrogen-bond donors (Lipinski definition) is 0. The molecule has 0 saturated heterocycles. The van der Waals surface area contributed by atoms with Crippen molar-refractivity contribution in [2.75, 3.05) is 13.7 Å². The molecule has 6 aliphatic rings. The van der Waals surface area contributed by atoms with Gasteiger partial charge in [0.2, 0.25) is 0 Å². The molecule has 0 aromatic rings. The quantitative estimate of drug-likeness (QED) is 0.280. The Morgan fingerprint density at radius 1 is 0.725 bits per heavy atom. The molecule has 228 valence electrons. The third kappa shape index (κ3) is 6.01. The van der Waals surface area contributed by atoms with Gasteiger partial charge >= 0.3 is 0 Å². The third-order valence-corrected chi connectivity index (χ3v) is 13.4. The van der Waals surface area contributed by atoms with Crippen molar-refractivity contribution in [1.29, 1.82) is 0 Å². The molecule has 3 nitrogen and oxygen atoms in total. The molecule has 7 atom stereocenters. The minimum atomic E-state index is -0.0619. The summed E-state index contributed by atoms with van der Waals surface area (Å²) in [7, 11) is 1.91. The van der Waals surface area contributed by atoms with Crippen molar-refractivity contribution in [1.82, 2.24) is 0 Å². The molecule has 7 unspecified atom stereocenters. The van der Waals surface area contributed by atoms with Crippen LogP contribution in [0.15, 0.2) is 12.2 Å². The summed E-state index contributed by atoms with van der Waals surface area (Å²) in [6, 6.07) is 0. The van der Waals surface area contributed by atoms with E-state index in [-0.39, 0.29) is 5.60 Å². The van der Waals surface area contributed by atoms with Crippen LogP contribution in [0.2, 0.25) is 0 Å². The predicted octanol–water partition coefficient (Wildman–Crippen LogP) is 9.53. The first kappa shape index (κ1) is 29.7. The maximum Gasteiger partial charge on any atom is 0.0922 e. The summed E-state index contributed by atoms with van der Waals surface area (Å²) in [5, 5.41) is 0. The molecule has 5 aliphatic carbocycles. The maximum absolute atomic E-state index is 7.89. The number of ether oxygens (including phenoxy) is 3. The van der Waals surface area contributed by atoms with Gasteiger partial charge in [-0.05, 0) is 119 Å². The lowest BCUT2D eigenvalue weighted by atomic mass is 9.55. The van der Waals surface area contributed by atoms with Crippen molar-refractivity contribution in [3.05, 3.63) is 12.2 Å². The molecule has 0 radical (unpaired) electrons. The van der Waals surface area contributed by atoms with Crippen LogP contribution in [0.4, 0.5) is 0 Å². The first-order valence-electron chi connectivity index (χ1n) is 18.2. The lowest BCUT2D eigenvalue weighted by molar-refractivity contribution is -0.215. The number of methoxy groups -OCH3 is 1. The Bertz CT molecular complexity index is 802. The van der Waals surface area contributed by atoms with Crippen LogP contribution in [0.3, 0.4) is 0 Å². The van der Waals surface area contributed by atoms with E-state index in [1.807, 2.05) is 7.11 Å². The van der Waals surface area contributed by atoms with E-state index in [1.54, 1.807) is 0 Å². The average Bonchev–Trinajstić information content (AvgIpc) is 3.01. The SMILES string of the molecule is CCOC1CCC(C2(C3CCC(OC)CC3)C=CC3C(CC)CC4C(CC5CCCCC5)CCCC4C3O2)CC1. The summed E-state index contributed by atoms with van der Waals surface area (Å²) < 4.78 is 19.8. The summed E-state index contributed by atoms with van der Waals surface area (Å²) in [4.78, 5) is 0. The Kier molecular flexibility index (Phi) is 10.0. The molecule has 5 saturated carbocycles. The van der Waals surface area contributed by atoms with Crippen LogP contribution in [-0.4, -0.2) is 37.6 Å². The number of fused-ring (bicyclic) bond motifs is 3. The highest BCUT2D eigenvalue weighted by molar-refractivity contribution is 5.19. The lowest BCUT2D eigenvalue weighted by Gasteiger charge is -2.59. The van der Waals surface area contributed by atoms with Crippen molar-refractivity contribution >= 4 is 0 Å². The summed E-state index contributed by atoms with van der Waals surface area (Å²) >= 11 is 0. The van der Waals surface area contributed by atoms with E-state index < -0.39 is 0 Å². The van der Waals surface area contributed by atoms with Gasteiger partial charge in [-0.3, -0.25) is 0 Å². The van der Waals surface area contributed by atoms with Crippen LogP contribution in [0.1, 0.15) is 136 Å². The van der Waals surface area contributed by atoms with E-state index in [0.717, 1.165) is 36.2 Å². The van der Waals surface area contributed by atoms with Gasteiger partial charge in [-0.15, -0.1) is 0 Å². The van der Waals surface area contributed by atoms with Gasteiger partial charge in [0.05, 0.1) is 23.9 Å². The number of rotatable bonds is 8. The van der Waals surface area contributed by atoms with Gasteiger partial charge < -0.3 is 14.2 Å². The van der Waals surface area contributed by atoms with Crippen LogP contribution in [0.5, 0.6) is 0 Å². The van der Waals surface area contributed by atoms with E-state index >= 15 is 0 Å². The van der Waals surface area contributed by atoms with Crippen molar-refractivity contribution in [3.8, 4) is 0 Å². The molecule has 3 heteroatoms. The fraction of sp³-hybridized carbons (Fsp3) is 0.946. The minimum Gasteiger partial charge on any atom is -0.381 e. The first-order valence-corrected chi connectivity index (χ1v) is 18.2. The van der Waals surface area contributed by atoms with Gasteiger partial charge in [-0.2, -0.15) is 0 Å². The van der Waals surface area contributed by atoms with Crippen LogP contribution < -0.4 is 0 Å². The van der Waals surface area contributed by atoms with Gasteiger partial charge in [-0.1, -0.05) is 70.4 Å². The zero-order chi connectivity index (χ0) is 27.5. The molecule has 40 heavy (non-hydrogen) atoms. The van der Waals surface area contributed by atoms with Crippen LogP contribution in [0, 0.1) is 47.3 Å². The van der Waals surface area contributed by atoms with Crippen molar-refractivity contribution in [2.45, 2.75) is 160 Å². The van der Waals surface area contributed by atoms with E-state index in [0.29, 0.717) is 36.1 Å². The zero-order valence-corrected chi connectivity index (χ0v) is 26.4. The predicted molar refractivity (Wildman–Crippen MR) is 164 cm³/mol. The minimum absolute atomic E-state index is 0.0619. The van der Waals surface area contributed by atoms with Gasteiger partial charge in [-0.25, -0.2) is 0 Å². The van der Waals surface area contributed by atoms with E-state index in [1.165, 1.54) is 122 Å². The molecule has 1 heterocycles. The molecule has 0 bridgehead atoms. The highest BCUT2D eigenvalue weighted by Gasteiger charge is 2.56. The Morgan fingerprint density at radius 2 is 1.43 bits per heavy atom. The van der Waals surface area contributed by atoms with Crippen molar-refractivity contribution < 1.29 is 14.2 Å². The Morgan fingerprint density at radius 3 is 2.08 bits per heavy atom. The third-order valence-electron chi connectivity index (χ3n) is 13.4. The lowest BCUT2D eigenvalue weighted by Crippen LogP contribution is -2.59. The average molecular weight is 555 g/mol. The zero-order valence-electron chi connectivity index (χ0n) is 26.4. The molecule has 5 fully saturated rings. The van der Waals surface area contributed by atoms with Crippen LogP contribution in [-0.2, 0) is 14.2 Å². The molecule has 0 spiro atoms. The fourth-order valence-electron chi connectivity index (χ4n) is 11.2. The first-order chi connectivity index (χ1) is 19.6. The topological polar surface area (TPSA) is 27.7 Å². The summed E-state index contributed by atoms with van der Waals surface area (Å²) in [6.07, 6.45) is 32.8. The van der Waals surface area contributed by atoms with Gasteiger partial charge in [0.25, 0.3) is 0 Å². The largest absolute Gasteiger partial charge is 0.381 e. The molecule has 0 aromatic heterocycles. The van der Waals surface area contributed by atoms with Gasteiger partial charge in [0.15, 0.2) is 0 Å². The highest BCUT2D eigenvalue weighted by atomic mass is 16.5. The van der Waals surface area contributed by atoms with E-state index in [2.05, 4.69) is 26.0 Å². The van der Waals surface area contributed by atoms with Crippen LogP contribution >= 0.6 is 0 Å². The standard InChI is InChI=1S/C37H62O3/c1-4-27-25-35-28(24-26-10-7-6-8-11-26)12-9-13-34(35)36-33(27)22-23-37(40-36,29-14-18-31(38-3)19-15-29)30-16-20-32(21-17-30)39-5-2/h22-23,26-36H,4-21,24-25H2,1-3H3. The summed E-state index contributed by atoms with van der Waals surface area (Å²) in [5.74, 6) is 6.41. The Balaban J connectivity index is 1.26. The molecule has 0 aromatic carbocycles. The normalized spacial score (nSPS) is 46.5. The second-order valence-electron chi connectivity index (χ2n) is 15.2. The number of hydrogen-bond acceptors (Lipinski definition) is 3. The van der Waals surface area contributed by atoms with Gasteiger partial charge in [0.1, 0.15) is 0 Å². The molecule has 0 amide bonds. The smallest absolute Gasteiger partial charge is 0.0922 e. The second kappa shape index (κ2) is 13.5. The Labute approximate surface area is 246 Å². The highest BCUT2D eigenvalue weighted by Crippen LogP contribution is 2.57. The summed E-state index contributed by atoms with van der Waals surface area (Å²) in [6.45, 7) is 5.48. The van der Waals surface area contributed by atoms with Crippen molar-refractivity contribution in [2.24, 2.45) is 47.3 Å². The van der Waals surface area contributed by atoms with E-state index in [9.17, 15) is 0 Å². The maximum atomic E-state index is 7.89.